The van der Waals surface area contributed by atoms with Crippen LogP contribution in [0.3, 0.4) is 0 Å². The average Bonchev–Trinajstić information content (AvgIpc) is 2.70. The standard InChI is InChI=1S/C22H22N4O2/c1-16(27)24-18-8-10-19(11-9-18)25-20-12-13-21(23-14-20)22(28)26(2)15-17-6-4-3-5-7-17/h3-14,25H,15H2,1-2H3,(H,24,27). The minimum absolute atomic E-state index is 0.109. The summed E-state index contributed by atoms with van der Waals surface area (Å²) in [6, 6.07) is 20.7. The summed E-state index contributed by atoms with van der Waals surface area (Å²) < 4.78 is 0. The number of hydrogen-bond donors (Lipinski definition) is 2. The highest BCUT2D eigenvalue weighted by Gasteiger charge is 2.13. The van der Waals surface area contributed by atoms with Gasteiger partial charge in [0, 0.05) is 31.9 Å². The predicted molar refractivity (Wildman–Crippen MR) is 111 cm³/mol. The zero-order valence-corrected chi connectivity index (χ0v) is 15.8. The highest BCUT2D eigenvalue weighted by molar-refractivity contribution is 5.92. The van der Waals surface area contributed by atoms with Gasteiger partial charge in [-0.15, -0.1) is 0 Å². The molecule has 2 N–H and O–H groups in total. The molecule has 2 aromatic carbocycles. The zero-order chi connectivity index (χ0) is 19.9. The fraction of sp³-hybridized carbons (Fsp3) is 0.136. The molecular weight excluding hydrogens is 352 g/mol. The molecule has 0 saturated heterocycles. The lowest BCUT2D eigenvalue weighted by atomic mass is 10.2. The van der Waals surface area contributed by atoms with E-state index in [0.29, 0.717) is 12.2 Å². The Bertz CT molecular complexity index is 939. The predicted octanol–water partition coefficient (Wildman–Crippen LogP) is 4.06. The molecule has 0 radical (unpaired) electrons. The van der Waals surface area contributed by atoms with Crippen molar-refractivity contribution in [2.45, 2.75) is 13.5 Å². The number of nitrogens with zero attached hydrogens (tertiary/aromatic N) is 2. The van der Waals surface area contributed by atoms with E-state index in [2.05, 4.69) is 15.6 Å². The molecule has 6 nitrogen and oxygen atoms in total. The minimum Gasteiger partial charge on any atom is -0.354 e. The molecule has 142 valence electrons. The molecular formula is C22H22N4O2. The molecule has 0 aliphatic heterocycles. The van der Waals surface area contributed by atoms with E-state index in [1.807, 2.05) is 60.7 Å². The van der Waals surface area contributed by atoms with E-state index in [0.717, 1.165) is 22.6 Å². The molecule has 3 rings (SSSR count). The van der Waals surface area contributed by atoms with Crippen molar-refractivity contribution in [1.82, 2.24) is 9.88 Å². The van der Waals surface area contributed by atoms with Crippen LogP contribution in [0.2, 0.25) is 0 Å². The van der Waals surface area contributed by atoms with Crippen LogP contribution in [-0.2, 0) is 11.3 Å². The molecule has 0 fully saturated rings. The molecule has 1 aromatic heterocycles. The van der Waals surface area contributed by atoms with Crippen molar-refractivity contribution >= 4 is 28.9 Å². The average molecular weight is 374 g/mol. The first-order valence-electron chi connectivity index (χ1n) is 8.91. The lowest BCUT2D eigenvalue weighted by Crippen LogP contribution is -2.26. The maximum absolute atomic E-state index is 12.6. The number of pyridine rings is 1. The first-order chi connectivity index (χ1) is 13.5. The summed E-state index contributed by atoms with van der Waals surface area (Å²) in [6.45, 7) is 2.00. The molecule has 0 atom stereocenters. The van der Waals surface area contributed by atoms with Gasteiger partial charge < -0.3 is 15.5 Å². The van der Waals surface area contributed by atoms with Crippen molar-refractivity contribution in [1.29, 1.82) is 0 Å². The fourth-order valence-electron chi connectivity index (χ4n) is 2.73. The molecule has 6 heteroatoms. The van der Waals surface area contributed by atoms with Gasteiger partial charge in [-0.2, -0.15) is 0 Å². The Labute approximate surface area is 164 Å². The molecule has 28 heavy (non-hydrogen) atoms. The van der Waals surface area contributed by atoms with Crippen LogP contribution in [0.4, 0.5) is 17.1 Å². The van der Waals surface area contributed by atoms with Gasteiger partial charge in [-0.3, -0.25) is 9.59 Å². The highest BCUT2D eigenvalue weighted by Crippen LogP contribution is 2.19. The molecule has 0 spiro atoms. The lowest BCUT2D eigenvalue weighted by Gasteiger charge is -2.17. The van der Waals surface area contributed by atoms with Crippen LogP contribution in [0.15, 0.2) is 72.9 Å². The number of rotatable bonds is 6. The third-order valence-electron chi connectivity index (χ3n) is 4.09. The van der Waals surface area contributed by atoms with Crippen LogP contribution in [-0.4, -0.2) is 28.7 Å². The molecule has 2 amide bonds. The second-order valence-electron chi connectivity index (χ2n) is 6.46. The second kappa shape index (κ2) is 8.81. The molecule has 1 heterocycles. The second-order valence-corrected chi connectivity index (χ2v) is 6.46. The molecule has 0 aliphatic carbocycles. The summed E-state index contributed by atoms with van der Waals surface area (Å²) in [5.74, 6) is -0.238. The Hall–Kier alpha value is -3.67. The van der Waals surface area contributed by atoms with E-state index >= 15 is 0 Å². The van der Waals surface area contributed by atoms with Crippen LogP contribution in [0.1, 0.15) is 23.0 Å². The number of nitrogens with one attached hydrogen (secondary N) is 2. The first kappa shape index (κ1) is 19.1. The fourth-order valence-corrected chi connectivity index (χ4v) is 2.73. The Morgan fingerprint density at radius 1 is 0.893 bits per heavy atom. The molecule has 0 bridgehead atoms. The summed E-state index contributed by atoms with van der Waals surface area (Å²) in [6.07, 6.45) is 1.63. The topological polar surface area (TPSA) is 74.3 Å². The van der Waals surface area contributed by atoms with Crippen molar-refractivity contribution in [3.63, 3.8) is 0 Å². The number of carbonyl (C=O) groups is 2. The van der Waals surface area contributed by atoms with Crippen molar-refractivity contribution in [2.24, 2.45) is 0 Å². The van der Waals surface area contributed by atoms with Gasteiger partial charge in [0.2, 0.25) is 5.91 Å². The van der Waals surface area contributed by atoms with Gasteiger partial charge in [0.05, 0.1) is 11.9 Å². The normalized spacial score (nSPS) is 10.2. The maximum atomic E-state index is 12.6. The molecule has 0 unspecified atom stereocenters. The Kier molecular flexibility index (Phi) is 6.01. The van der Waals surface area contributed by atoms with Crippen molar-refractivity contribution in [3.05, 3.63) is 84.2 Å². The van der Waals surface area contributed by atoms with E-state index in [-0.39, 0.29) is 11.8 Å². The van der Waals surface area contributed by atoms with Crippen molar-refractivity contribution in [3.8, 4) is 0 Å². The van der Waals surface area contributed by atoms with Crippen LogP contribution in [0, 0.1) is 0 Å². The Morgan fingerprint density at radius 3 is 2.14 bits per heavy atom. The minimum atomic E-state index is -0.130. The SMILES string of the molecule is CC(=O)Nc1ccc(Nc2ccc(C(=O)N(C)Cc3ccccc3)nc2)cc1. The summed E-state index contributed by atoms with van der Waals surface area (Å²) in [5, 5.41) is 5.94. The number of anilines is 3. The Balaban J connectivity index is 1.61. The summed E-state index contributed by atoms with van der Waals surface area (Å²) in [7, 11) is 1.76. The molecule has 0 saturated carbocycles. The number of carbonyl (C=O) groups excluding carboxylic acids is 2. The highest BCUT2D eigenvalue weighted by atomic mass is 16.2. The summed E-state index contributed by atoms with van der Waals surface area (Å²) in [5.41, 5.74) is 3.83. The Morgan fingerprint density at radius 2 is 1.54 bits per heavy atom. The summed E-state index contributed by atoms with van der Waals surface area (Å²) in [4.78, 5) is 29.5. The van der Waals surface area contributed by atoms with Crippen molar-refractivity contribution < 1.29 is 9.59 Å². The van der Waals surface area contributed by atoms with E-state index in [9.17, 15) is 9.59 Å². The van der Waals surface area contributed by atoms with Crippen LogP contribution in [0.5, 0.6) is 0 Å². The lowest BCUT2D eigenvalue weighted by molar-refractivity contribution is -0.114. The van der Waals surface area contributed by atoms with E-state index < -0.39 is 0 Å². The first-order valence-corrected chi connectivity index (χ1v) is 8.91. The van der Waals surface area contributed by atoms with Gasteiger partial charge in [-0.05, 0) is 42.0 Å². The van der Waals surface area contributed by atoms with Gasteiger partial charge >= 0.3 is 0 Å². The van der Waals surface area contributed by atoms with Crippen molar-refractivity contribution in [2.75, 3.05) is 17.7 Å². The van der Waals surface area contributed by atoms with Gasteiger partial charge in [-0.25, -0.2) is 4.98 Å². The maximum Gasteiger partial charge on any atom is 0.272 e. The smallest absolute Gasteiger partial charge is 0.272 e. The van der Waals surface area contributed by atoms with Gasteiger partial charge in [0.1, 0.15) is 5.69 Å². The monoisotopic (exact) mass is 374 g/mol. The third kappa shape index (κ3) is 5.17. The van der Waals surface area contributed by atoms with Gasteiger partial charge in [0.15, 0.2) is 0 Å². The number of amides is 2. The van der Waals surface area contributed by atoms with Crippen LogP contribution in [0.25, 0.3) is 0 Å². The summed E-state index contributed by atoms with van der Waals surface area (Å²) >= 11 is 0. The largest absolute Gasteiger partial charge is 0.354 e. The molecule has 3 aromatic rings. The van der Waals surface area contributed by atoms with E-state index in [1.54, 1.807) is 24.2 Å². The zero-order valence-electron chi connectivity index (χ0n) is 15.8. The third-order valence-corrected chi connectivity index (χ3v) is 4.09. The van der Waals surface area contributed by atoms with Gasteiger partial charge in [-0.1, -0.05) is 30.3 Å². The van der Waals surface area contributed by atoms with E-state index in [4.69, 9.17) is 0 Å². The van der Waals surface area contributed by atoms with E-state index in [1.165, 1.54) is 6.92 Å². The van der Waals surface area contributed by atoms with Crippen LogP contribution >= 0.6 is 0 Å². The van der Waals surface area contributed by atoms with Crippen LogP contribution < -0.4 is 10.6 Å². The van der Waals surface area contributed by atoms with Gasteiger partial charge in [0.25, 0.3) is 5.91 Å². The number of benzene rings is 2. The number of aromatic nitrogens is 1. The molecule has 0 aliphatic rings. The number of hydrogen-bond acceptors (Lipinski definition) is 4. The quantitative estimate of drug-likeness (QED) is 0.682.